The van der Waals surface area contributed by atoms with Crippen molar-refractivity contribution in [1.29, 1.82) is 0 Å². The minimum atomic E-state index is -4.18. The van der Waals surface area contributed by atoms with Gasteiger partial charge in [0.05, 0.1) is 16.2 Å². The van der Waals surface area contributed by atoms with Gasteiger partial charge < -0.3 is 15.6 Å². The second-order valence-corrected chi connectivity index (χ2v) is 10.4. The molecule has 9 nitrogen and oxygen atoms in total. The first-order valence-electron chi connectivity index (χ1n) is 11.8. The number of benzene rings is 2. The zero-order valence-electron chi connectivity index (χ0n) is 21.3. The average Bonchev–Trinajstić information content (AvgIpc) is 2.83. The van der Waals surface area contributed by atoms with Crippen LogP contribution in [0.1, 0.15) is 48.2 Å². The monoisotopic (exact) mass is 548 g/mol. The molecule has 37 heavy (non-hydrogen) atoms. The van der Waals surface area contributed by atoms with Gasteiger partial charge in [-0.2, -0.15) is 4.98 Å². The molecule has 0 aliphatic carbocycles. The fourth-order valence-corrected chi connectivity index (χ4v) is 5.07. The van der Waals surface area contributed by atoms with E-state index in [0.29, 0.717) is 5.69 Å². The second kappa shape index (κ2) is 12.8. The van der Waals surface area contributed by atoms with Gasteiger partial charge in [-0.25, -0.2) is 22.9 Å². The van der Waals surface area contributed by atoms with E-state index in [2.05, 4.69) is 28.5 Å². The van der Waals surface area contributed by atoms with Gasteiger partial charge in [-0.1, -0.05) is 51.0 Å². The standard InChI is InChI=1S/C26H32N4O5S.ClH/c1-5-18(6-2)21(27)15-35-23-14-22(24-16(3)9-7-10-17(24)4)28-26(29-23)30-36(33,34)20-12-8-11-19(13-20)25(31)32;/h7-14,18,21H,5-6,15,27H2,1-4H3,(H,31,32)(H,28,29,30);1H/t21-;/m0./s1. The van der Waals surface area contributed by atoms with Gasteiger partial charge in [0.15, 0.2) is 0 Å². The Kier molecular flexibility index (Phi) is 10.4. The molecule has 1 aromatic heterocycles. The topological polar surface area (TPSA) is 144 Å². The van der Waals surface area contributed by atoms with Crippen LogP contribution in [-0.2, 0) is 10.0 Å². The Morgan fingerprint density at radius 2 is 1.68 bits per heavy atom. The lowest BCUT2D eigenvalue weighted by Crippen LogP contribution is -2.35. The van der Waals surface area contributed by atoms with Crippen LogP contribution in [0, 0.1) is 19.8 Å². The van der Waals surface area contributed by atoms with E-state index in [1.807, 2.05) is 32.0 Å². The highest BCUT2D eigenvalue weighted by atomic mass is 35.5. The van der Waals surface area contributed by atoms with Crippen LogP contribution in [0.15, 0.2) is 53.4 Å². The number of nitrogens with zero attached hydrogens (tertiary/aromatic N) is 2. The minimum absolute atomic E-state index is 0. The molecule has 3 aromatic rings. The zero-order valence-corrected chi connectivity index (χ0v) is 22.9. The van der Waals surface area contributed by atoms with Gasteiger partial charge >= 0.3 is 5.97 Å². The maximum absolute atomic E-state index is 13.1. The average molecular weight is 549 g/mol. The minimum Gasteiger partial charge on any atom is -0.478 e. The van der Waals surface area contributed by atoms with E-state index in [0.717, 1.165) is 35.6 Å². The lowest BCUT2D eigenvalue weighted by atomic mass is 9.95. The van der Waals surface area contributed by atoms with Crippen molar-refractivity contribution in [2.75, 3.05) is 11.3 Å². The molecule has 3 rings (SSSR count). The first kappa shape index (κ1) is 30.0. The fourth-order valence-electron chi connectivity index (χ4n) is 4.08. The van der Waals surface area contributed by atoms with Crippen molar-refractivity contribution in [3.63, 3.8) is 0 Å². The third-order valence-electron chi connectivity index (χ3n) is 6.13. The van der Waals surface area contributed by atoms with Gasteiger partial charge in [-0.15, -0.1) is 12.4 Å². The van der Waals surface area contributed by atoms with Crippen molar-refractivity contribution in [2.24, 2.45) is 11.7 Å². The van der Waals surface area contributed by atoms with Crippen LogP contribution in [0.2, 0.25) is 0 Å². The molecule has 0 spiro atoms. The predicted molar refractivity (Wildman–Crippen MR) is 146 cm³/mol. The molecule has 1 heterocycles. The summed E-state index contributed by atoms with van der Waals surface area (Å²) in [5.41, 5.74) is 9.40. The number of hydrogen-bond donors (Lipinski definition) is 3. The smallest absolute Gasteiger partial charge is 0.335 e. The van der Waals surface area contributed by atoms with Crippen molar-refractivity contribution >= 4 is 34.3 Å². The number of rotatable bonds is 11. The number of aryl methyl sites for hydroxylation is 2. The molecule has 0 saturated carbocycles. The summed E-state index contributed by atoms with van der Waals surface area (Å²) in [6.07, 6.45) is 1.83. The second-order valence-electron chi connectivity index (χ2n) is 8.67. The zero-order chi connectivity index (χ0) is 26.5. The number of carbonyl (C=O) groups is 1. The number of carboxylic acid groups (broad SMARTS) is 1. The molecule has 0 aliphatic heterocycles. The number of aromatic carboxylic acids is 1. The third kappa shape index (κ3) is 7.41. The van der Waals surface area contributed by atoms with Crippen molar-refractivity contribution in [3.8, 4) is 17.1 Å². The molecule has 0 bridgehead atoms. The van der Waals surface area contributed by atoms with Gasteiger partial charge in [-0.3, -0.25) is 0 Å². The van der Waals surface area contributed by atoms with E-state index in [1.54, 1.807) is 6.07 Å². The van der Waals surface area contributed by atoms with Crippen LogP contribution in [0.3, 0.4) is 0 Å². The van der Waals surface area contributed by atoms with Gasteiger partial charge in [0.1, 0.15) is 6.61 Å². The van der Waals surface area contributed by atoms with E-state index in [9.17, 15) is 18.3 Å². The van der Waals surface area contributed by atoms with Crippen LogP contribution in [0.5, 0.6) is 5.88 Å². The van der Waals surface area contributed by atoms with Crippen molar-refractivity contribution in [2.45, 2.75) is 51.5 Å². The molecule has 200 valence electrons. The quantitative estimate of drug-likeness (QED) is 0.309. The van der Waals surface area contributed by atoms with Crippen LogP contribution < -0.4 is 15.2 Å². The fraction of sp³-hybridized carbons (Fsp3) is 0.346. The molecule has 1 atom stereocenters. The summed E-state index contributed by atoms with van der Waals surface area (Å²) in [6.45, 7) is 8.24. The molecule has 4 N–H and O–H groups in total. The Labute approximate surface area is 224 Å². The Hall–Kier alpha value is -3.21. The van der Waals surface area contributed by atoms with E-state index in [4.69, 9.17) is 10.5 Å². The molecule has 0 fully saturated rings. The number of anilines is 1. The highest BCUT2D eigenvalue weighted by Gasteiger charge is 2.21. The molecule has 0 radical (unpaired) electrons. The number of nitrogens with one attached hydrogen (secondary N) is 1. The summed E-state index contributed by atoms with van der Waals surface area (Å²) in [7, 11) is -4.18. The molecule has 2 aromatic carbocycles. The highest BCUT2D eigenvalue weighted by Crippen LogP contribution is 2.29. The molecule has 0 unspecified atom stereocenters. The Morgan fingerprint density at radius 3 is 2.27 bits per heavy atom. The SMILES string of the molecule is CCC(CC)[C@@H](N)COc1cc(-c2c(C)cccc2C)nc(NS(=O)(=O)c2cccc(C(=O)O)c2)n1.Cl. The first-order chi connectivity index (χ1) is 17.1. The summed E-state index contributed by atoms with van der Waals surface area (Å²) in [4.78, 5) is 19.8. The third-order valence-corrected chi connectivity index (χ3v) is 7.46. The molecule has 0 saturated heterocycles. The van der Waals surface area contributed by atoms with Crippen LogP contribution in [0.4, 0.5) is 5.95 Å². The van der Waals surface area contributed by atoms with Gasteiger partial charge in [0.2, 0.25) is 11.8 Å². The van der Waals surface area contributed by atoms with E-state index in [-0.39, 0.29) is 53.3 Å². The van der Waals surface area contributed by atoms with Gasteiger partial charge in [0.25, 0.3) is 10.0 Å². The van der Waals surface area contributed by atoms with E-state index >= 15 is 0 Å². The molecule has 0 aliphatic rings. The number of ether oxygens (including phenoxy) is 1. The Bertz CT molecular complexity index is 1330. The number of carboxylic acids is 1. The lowest BCUT2D eigenvalue weighted by Gasteiger charge is -2.21. The van der Waals surface area contributed by atoms with Crippen LogP contribution in [-0.4, -0.2) is 42.1 Å². The van der Waals surface area contributed by atoms with Gasteiger partial charge in [0, 0.05) is 17.7 Å². The van der Waals surface area contributed by atoms with Crippen molar-refractivity contribution in [1.82, 2.24) is 9.97 Å². The number of nitrogens with two attached hydrogens (primary N) is 1. The predicted octanol–water partition coefficient (Wildman–Crippen LogP) is 4.82. The molecule has 11 heteroatoms. The maximum atomic E-state index is 13.1. The number of aromatic nitrogens is 2. The van der Waals surface area contributed by atoms with Crippen molar-refractivity contribution < 1.29 is 23.1 Å². The Balaban J connectivity index is 0.00000481. The molecular formula is C26H33ClN4O5S. The Morgan fingerprint density at radius 1 is 1.05 bits per heavy atom. The molecular weight excluding hydrogens is 516 g/mol. The number of sulfonamides is 1. The van der Waals surface area contributed by atoms with Crippen LogP contribution in [0.25, 0.3) is 11.3 Å². The highest BCUT2D eigenvalue weighted by molar-refractivity contribution is 7.92. The number of hydrogen-bond acceptors (Lipinski definition) is 7. The van der Waals surface area contributed by atoms with Gasteiger partial charge in [-0.05, 0) is 49.1 Å². The maximum Gasteiger partial charge on any atom is 0.335 e. The van der Waals surface area contributed by atoms with E-state index in [1.165, 1.54) is 18.2 Å². The lowest BCUT2D eigenvalue weighted by molar-refractivity contribution is 0.0696. The summed E-state index contributed by atoms with van der Waals surface area (Å²) in [6, 6.07) is 12.3. The summed E-state index contributed by atoms with van der Waals surface area (Å²) >= 11 is 0. The summed E-state index contributed by atoms with van der Waals surface area (Å²) in [5, 5.41) is 9.23. The van der Waals surface area contributed by atoms with Crippen LogP contribution >= 0.6 is 12.4 Å². The van der Waals surface area contributed by atoms with E-state index < -0.39 is 16.0 Å². The normalized spacial score (nSPS) is 12.1. The largest absolute Gasteiger partial charge is 0.478 e. The molecule has 0 amide bonds. The summed E-state index contributed by atoms with van der Waals surface area (Å²) < 4.78 is 34.4. The summed E-state index contributed by atoms with van der Waals surface area (Å²) in [5.74, 6) is -0.961. The first-order valence-corrected chi connectivity index (χ1v) is 13.2. The van der Waals surface area contributed by atoms with Crippen molar-refractivity contribution in [3.05, 3.63) is 65.2 Å². The number of halogens is 1.